The van der Waals surface area contributed by atoms with Gasteiger partial charge in [0.1, 0.15) is 17.3 Å². The predicted octanol–water partition coefficient (Wildman–Crippen LogP) is 3.40. The molecule has 2 nitrogen and oxygen atoms in total. The highest BCUT2D eigenvalue weighted by atomic mass is 19.1. The highest BCUT2D eigenvalue weighted by molar-refractivity contribution is 5.74. The van der Waals surface area contributed by atoms with Crippen LogP contribution >= 0.6 is 0 Å². The van der Waals surface area contributed by atoms with E-state index in [1.165, 1.54) is 24.3 Å². The van der Waals surface area contributed by atoms with Crippen molar-refractivity contribution < 1.29 is 13.6 Å². The second-order valence-corrected chi connectivity index (χ2v) is 3.81. The first-order valence-electron chi connectivity index (χ1n) is 5.56. The summed E-state index contributed by atoms with van der Waals surface area (Å²) >= 11 is 0. The molecule has 0 aliphatic carbocycles. The summed E-state index contributed by atoms with van der Waals surface area (Å²) in [5.41, 5.74) is 0.515. The molecule has 1 heterocycles. The van der Waals surface area contributed by atoms with Gasteiger partial charge in [0, 0.05) is 0 Å². The normalized spacial score (nSPS) is 10.4. The van der Waals surface area contributed by atoms with Crippen molar-refractivity contribution in [1.29, 1.82) is 0 Å². The summed E-state index contributed by atoms with van der Waals surface area (Å²) in [6.45, 7) is 1.79. The van der Waals surface area contributed by atoms with Gasteiger partial charge in [-0.2, -0.15) is 0 Å². The first-order chi connectivity index (χ1) is 8.67. The molecule has 0 saturated heterocycles. The molecule has 0 bridgehead atoms. The summed E-state index contributed by atoms with van der Waals surface area (Å²) in [6.07, 6.45) is 1.01. The van der Waals surface area contributed by atoms with E-state index in [0.29, 0.717) is 18.3 Å². The molecule has 0 spiro atoms. The molecular weight excluding hydrogens is 236 g/mol. The lowest BCUT2D eigenvalue weighted by Gasteiger charge is -2.08. The molecule has 0 aliphatic rings. The smallest absolute Gasteiger partial charge is 0.168 e. The molecular formula is C14H11F2NO. The minimum absolute atomic E-state index is 0.130. The van der Waals surface area contributed by atoms with Crippen molar-refractivity contribution in [2.24, 2.45) is 0 Å². The second-order valence-electron chi connectivity index (χ2n) is 3.81. The lowest BCUT2D eigenvalue weighted by Crippen LogP contribution is -1.99. The van der Waals surface area contributed by atoms with Gasteiger partial charge in [-0.05, 0) is 30.2 Å². The van der Waals surface area contributed by atoms with Crippen molar-refractivity contribution in [2.45, 2.75) is 13.3 Å². The number of hydrogen-bond acceptors (Lipinski definition) is 2. The van der Waals surface area contributed by atoms with Crippen molar-refractivity contribution >= 4 is 6.29 Å². The van der Waals surface area contributed by atoms with Gasteiger partial charge in [0.2, 0.25) is 0 Å². The van der Waals surface area contributed by atoms with Crippen molar-refractivity contribution in [2.75, 3.05) is 0 Å². The number of carbonyl (C=O) groups excluding carboxylic acids is 1. The van der Waals surface area contributed by atoms with E-state index in [0.717, 1.165) is 0 Å². The molecule has 1 aromatic heterocycles. The number of aromatic nitrogens is 1. The highest BCUT2D eigenvalue weighted by Crippen LogP contribution is 2.27. The maximum Gasteiger partial charge on any atom is 0.168 e. The van der Waals surface area contributed by atoms with Crippen LogP contribution in [0, 0.1) is 11.6 Å². The first-order valence-corrected chi connectivity index (χ1v) is 5.56. The number of carbonyl (C=O) groups is 1. The van der Waals surface area contributed by atoms with Crippen LogP contribution in [0.1, 0.15) is 23.0 Å². The highest BCUT2D eigenvalue weighted by Gasteiger charge is 2.15. The topological polar surface area (TPSA) is 30.0 Å². The van der Waals surface area contributed by atoms with Crippen LogP contribution in [0.4, 0.5) is 8.78 Å². The van der Waals surface area contributed by atoms with Crippen molar-refractivity contribution in [3.8, 4) is 11.3 Å². The number of hydrogen-bond donors (Lipinski definition) is 0. The SMILES string of the molecule is CCc1ccc(F)c(-c2cccc(C=O)n2)c1F. The Hall–Kier alpha value is -2.10. The average molecular weight is 247 g/mol. The standard InChI is InChI=1S/C14H11F2NO/c1-2-9-6-7-11(15)13(14(9)16)12-5-3-4-10(8-18)17-12/h3-8H,2H2,1H3. The third-order valence-electron chi connectivity index (χ3n) is 2.70. The van der Waals surface area contributed by atoms with Gasteiger partial charge >= 0.3 is 0 Å². The number of benzene rings is 1. The quantitative estimate of drug-likeness (QED) is 0.778. The van der Waals surface area contributed by atoms with Crippen LogP contribution in [0.3, 0.4) is 0 Å². The summed E-state index contributed by atoms with van der Waals surface area (Å²) < 4.78 is 27.8. The number of rotatable bonds is 3. The molecule has 0 atom stereocenters. The summed E-state index contributed by atoms with van der Waals surface area (Å²) in [4.78, 5) is 14.5. The Labute approximate surface area is 103 Å². The Morgan fingerprint density at radius 1 is 1.22 bits per heavy atom. The Morgan fingerprint density at radius 2 is 2.00 bits per heavy atom. The second kappa shape index (κ2) is 5.04. The molecule has 18 heavy (non-hydrogen) atoms. The van der Waals surface area contributed by atoms with E-state index in [-0.39, 0.29) is 17.0 Å². The number of aldehydes is 1. The van der Waals surface area contributed by atoms with E-state index in [9.17, 15) is 13.6 Å². The Kier molecular flexibility index (Phi) is 3.46. The van der Waals surface area contributed by atoms with E-state index in [4.69, 9.17) is 0 Å². The van der Waals surface area contributed by atoms with Crippen molar-refractivity contribution in [3.63, 3.8) is 0 Å². The van der Waals surface area contributed by atoms with Crippen molar-refractivity contribution in [3.05, 3.63) is 53.2 Å². The first kappa shape index (κ1) is 12.4. The maximum atomic E-state index is 14.1. The Bertz CT molecular complexity index is 596. The fourth-order valence-corrected chi connectivity index (χ4v) is 1.76. The average Bonchev–Trinajstić information content (AvgIpc) is 2.39. The van der Waals surface area contributed by atoms with E-state index in [1.807, 2.05) is 0 Å². The van der Waals surface area contributed by atoms with E-state index in [1.54, 1.807) is 13.0 Å². The molecule has 2 rings (SSSR count). The fraction of sp³-hybridized carbons (Fsp3) is 0.143. The zero-order valence-electron chi connectivity index (χ0n) is 9.78. The number of nitrogens with zero attached hydrogens (tertiary/aromatic N) is 1. The van der Waals surface area contributed by atoms with E-state index >= 15 is 0 Å². The molecule has 0 N–H and O–H groups in total. The molecule has 0 radical (unpaired) electrons. The zero-order valence-corrected chi connectivity index (χ0v) is 9.78. The van der Waals surface area contributed by atoms with Crippen LogP contribution in [-0.4, -0.2) is 11.3 Å². The monoisotopic (exact) mass is 247 g/mol. The summed E-state index contributed by atoms with van der Waals surface area (Å²) in [7, 11) is 0. The molecule has 4 heteroatoms. The fourth-order valence-electron chi connectivity index (χ4n) is 1.76. The molecule has 0 aliphatic heterocycles. The summed E-state index contributed by atoms with van der Waals surface area (Å²) in [5.74, 6) is -1.30. The maximum absolute atomic E-state index is 14.1. The van der Waals surface area contributed by atoms with Gasteiger partial charge in [0.25, 0.3) is 0 Å². The van der Waals surface area contributed by atoms with Crippen LogP contribution in [0.2, 0.25) is 0 Å². The van der Waals surface area contributed by atoms with E-state index < -0.39 is 11.6 Å². The van der Waals surface area contributed by atoms with Crippen LogP contribution in [0.5, 0.6) is 0 Å². The Balaban J connectivity index is 2.65. The minimum atomic E-state index is -0.680. The lowest BCUT2D eigenvalue weighted by atomic mass is 10.0. The lowest BCUT2D eigenvalue weighted by molar-refractivity contribution is 0.111. The predicted molar refractivity (Wildman–Crippen MR) is 64.4 cm³/mol. The number of pyridine rings is 1. The van der Waals surface area contributed by atoms with Gasteiger partial charge in [-0.3, -0.25) is 4.79 Å². The summed E-state index contributed by atoms with van der Waals surface area (Å²) in [5, 5.41) is 0. The minimum Gasteiger partial charge on any atom is -0.296 e. The van der Waals surface area contributed by atoms with Gasteiger partial charge in [0.15, 0.2) is 6.29 Å². The number of aryl methyl sites for hydroxylation is 1. The van der Waals surface area contributed by atoms with Crippen LogP contribution in [-0.2, 0) is 6.42 Å². The van der Waals surface area contributed by atoms with Gasteiger partial charge in [0.05, 0.1) is 11.3 Å². The van der Waals surface area contributed by atoms with Gasteiger partial charge in [-0.15, -0.1) is 0 Å². The van der Waals surface area contributed by atoms with Gasteiger partial charge < -0.3 is 0 Å². The van der Waals surface area contributed by atoms with Crippen molar-refractivity contribution in [1.82, 2.24) is 4.98 Å². The molecule has 0 fully saturated rings. The molecule has 0 unspecified atom stereocenters. The van der Waals surface area contributed by atoms with Gasteiger partial charge in [-0.1, -0.05) is 19.1 Å². The molecule has 2 aromatic rings. The largest absolute Gasteiger partial charge is 0.296 e. The van der Waals surface area contributed by atoms with E-state index in [2.05, 4.69) is 4.98 Å². The molecule has 1 aromatic carbocycles. The van der Waals surface area contributed by atoms with Gasteiger partial charge in [-0.25, -0.2) is 13.8 Å². The summed E-state index contributed by atoms with van der Waals surface area (Å²) in [6, 6.07) is 7.14. The van der Waals surface area contributed by atoms with Crippen LogP contribution in [0.25, 0.3) is 11.3 Å². The zero-order chi connectivity index (χ0) is 13.1. The van der Waals surface area contributed by atoms with Crippen LogP contribution in [0.15, 0.2) is 30.3 Å². The van der Waals surface area contributed by atoms with Crippen LogP contribution < -0.4 is 0 Å². The Morgan fingerprint density at radius 3 is 2.67 bits per heavy atom. The third kappa shape index (κ3) is 2.14. The molecule has 0 saturated carbocycles. The molecule has 0 amide bonds. The number of halogens is 2. The third-order valence-corrected chi connectivity index (χ3v) is 2.70. The molecule has 92 valence electrons.